The number of fused-ring (bicyclic) bond motifs is 4. The fourth-order valence-corrected chi connectivity index (χ4v) is 10.2. The molecule has 6 nitrogen and oxygen atoms in total. The van der Waals surface area contributed by atoms with Crippen molar-refractivity contribution in [1.29, 1.82) is 0 Å². The van der Waals surface area contributed by atoms with Crippen LogP contribution in [0.25, 0.3) is 106 Å². The smallest absolute Gasteiger partial charge is 0.181 e. The third-order valence-corrected chi connectivity index (χ3v) is 14.6. The van der Waals surface area contributed by atoms with Gasteiger partial charge < -0.3 is 13.9 Å². The fraction of sp³-hybridized carbons (Fsp3) is 0.235. The molecule has 0 fully saturated rings. The molecule has 0 unspecified atom stereocenters. The van der Waals surface area contributed by atoms with Crippen LogP contribution in [-0.4, -0.2) is 19.6 Å². The van der Waals surface area contributed by atoms with Gasteiger partial charge in [0.05, 0.1) is 33.4 Å². The molecular weight excluding hydrogens is 907 g/mol. The zero-order chi connectivity index (χ0) is 52.1. The second-order valence-electron chi connectivity index (χ2n) is 24.2. The molecule has 0 aliphatic carbocycles. The minimum Gasteiger partial charge on any atom is -0.507 e. The largest absolute Gasteiger partial charge is 0.507 e. The highest BCUT2D eigenvalue weighted by atomic mass is 16.4. The van der Waals surface area contributed by atoms with E-state index in [1.165, 1.54) is 11.1 Å². The predicted molar refractivity (Wildman–Crippen MR) is 307 cm³/mol. The number of imidazole rings is 1. The van der Waals surface area contributed by atoms with Crippen molar-refractivity contribution in [2.45, 2.75) is 105 Å². The van der Waals surface area contributed by atoms with Gasteiger partial charge in [-0.05, 0) is 121 Å². The number of aromatic nitrogens is 3. The lowest BCUT2D eigenvalue weighted by Gasteiger charge is -2.28. The maximum atomic E-state index is 12.6. The molecule has 11 aromatic rings. The van der Waals surface area contributed by atoms with Crippen LogP contribution < -0.4 is 0 Å². The summed E-state index contributed by atoms with van der Waals surface area (Å²) in [4.78, 5) is 10.7. The van der Waals surface area contributed by atoms with Gasteiger partial charge in [0.25, 0.3) is 0 Å². The zero-order valence-corrected chi connectivity index (χ0v) is 44.8. The van der Waals surface area contributed by atoms with Gasteiger partial charge in [0.1, 0.15) is 22.9 Å². The lowest BCUT2D eigenvalue weighted by Crippen LogP contribution is -2.17. The maximum Gasteiger partial charge on any atom is 0.181 e. The molecule has 0 amide bonds. The van der Waals surface area contributed by atoms with Gasteiger partial charge in [-0.3, -0.25) is 9.55 Å². The maximum absolute atomic E-state index is 12.6. The average Bonchev–Trinajstić information content (AvgIpc) is 4.08. The number of aromatic hydroxyl groups is 1. The first-order chi connectivity index (χ1) is 35.1. The molecule has 0 spiro atoms. The molecule has 0 aliphatic heterocycles. The van der Waals surface area contributed by atoms with E-state index < -0.39 is 0 Å². The molecule has 7 aromatic carbocycles. The molecule has 0 saturated heterocycles. The number of phenolic OH excluding ortho intramolecular Hbond substituents is 1. The number of rotatable bonds is 7. The molecule has 370 valence electrons. The van der Waals surface area contributed by atoms with E-state index in [4.69, 9.17) is 18.8 Å². The molecule has 0 atom stereocenters. The summed E-state index contributed by atoms with van der Waals surface area (Å²) in [5.41, 5.74) is 18.7. The van der Waals surface area contributed by atoms with E-state index in [-0.39, 0.29) is 27.4 Å². The molecule has 0 bridgehead atoms. The van der Waals surface area contributed by atoms with E-state index in [2.05, 4.69) is 221 Å². The minimum absolute atomic E-state index is 0.0874. The summed E-state index contributed by atoms with van der Waals surface area (Å²) in [5.74, 6) is 1.70. The van der Waals surface area contributed by atoms with Gasteiger partial charge in [-0.1, -0.05) is 180 Å². The summed E-state index contributed by atoms with van der Waals surface area (Å²) in [6.07, 6.45) is 1.90. The highest BCUT2D eigenvalue weighted by molar-refractivity contribution is 6.03. The lowest BCUT2D eigenvalue weighted by atomic mass is 9.79. The van der Waals surface area contributed by atoms with Crippen LogP contribution in [0.5, 0.6) is 5.75 Å². The standard InChI is InChI=1S/C68H65N3O3/c1-65(2,3)47-29-30-56(52(37-47)42-19-14-13-15-20-42)71-57-23-18-22-50(61(57)70-64(71)53-38-49(67(7,8)9)39-54(62(53)72)68(10,11)12)45-33-46(35-48(34-45)66(4,5)6)55-36-44(31-32-69-55)41-25-27-43(28-26-41)59-40-60-63(74-59)51-21-16-17-24-58(51)73-60/h13-40,72H,1-12H3. The van der Waals surface area contributed by atoms with Crippen molar-refractivity contribution >= 4 is 33.2 Å². The molecule has 4 heterocycles. The molecule has 0 aliphatic rings. The normalized spacial score (nSPS) is 12.6. The summed E-state index contributed by atoms with van der Waals surface area (Å²) in [6, 6.07) is 57.9. The van der Waals surface area contributed by atoms with Gasteiger partial charge in [-0.25, -0.2) is 4.98 Å². The minimum atomic E-state index is -0.339. The zero-order valence-electron chi connectivity index (χ0n) is 44.8. The van der Waals surface area contributed by atoms with Gasteiger partial charge in [-0.15, -0.1) is 0 Å². The summed E-state index contributed by atoms with van der Waals surface area (Å²) in [6.45, 7) is 26.8. The molecule has 0 saturated carbocycles. The van der Waals surface area contributed by atoms with Crippen molar-refractivity contribution in [3.05, 3.63) is 192 Å². The first kappa shape index (κ1) is 48.3. The predicted octanol–water partition coefficient (Wildman–Crippen LogP) is 18.8. The van der Waals surface area contributed by atoms with E-state index >= 15 is 0 Å². The molecular formula is C68H65N3O3. The molecule has 6 heteroatoms. The Bertz CT molecular complexity index is 3930. The Morgan fingerprint density at radius 1 is 0.446 bits per heavy atom. The monoisotopic (exact) mass is 972 g/mol. The average molecular weight is 972 g/mol. The summed E-state index contributed by atoms with van der Waals surface area (Å²) in [7, 11) is 0. The van der Waals surface area contributed by atoms with Crippen LogP contribution in [0.15, 0.2) is 179 Å². The number of benzene rings is 7. The number of phenols is 1. The van der Waals surface area contributed by atoms with Gasteiger partial charge in [0.15, 0.2) is 11.2 Å². The van der Waals surface area contributed by atoms with E-state index in [1.54, 1.807) is 0 Å². The van der Waals surface area contributed by atoms with Gasteiger partial charge in [0, 0.05) is 40.1 Å². The van der Waals surface area contributed by atoms with Crippen LogP contribution >= 0.6 is 0 Å². The molecule has 0 radical (unpaired) electrons. The first-order valence-electron chi connectivity index (χ1n) is 25.8. The third kappa shape index (κ3) is 8.80. The molecule has 11 rings (SSSR count). The molecule has 1 N–H and O–H groups in total. The third-order valence-electron chi connectivity index (χ3n) is 14.6. The summed E-state index contributed by atoms with van der Waals surface area (Å²) >= 11 is 0. The Labute approximate surface area is 435 Å². The van der Waals surface area contributed by atoms with Crippen LogP contribution in [0.4, 0.5) is 0 Å². The summed E-state index contributed by atoms with van der Waals surface area (Å²) < 4.78 is 14.7. The molecule has 4 aromatic heterocycles. The van der Waals surface area contributed by atoms with Gasteiger partial charge in [-0.2, -0.15) is 0 Å². The van der Waals surface area contributed by atoms with Crippen molar-refractivity contribution in [3.8, 4) is 78.8 Å². The number of nitrogens with zero attached hydrogens (tertiary/aromatic N) is 3. The quantitative estimate of drug-likeness (QED) is 0.172. The lowest BCUT2D eigenvalue weighted by molar-refractivity contribution is 0.446. The fourth-order valence-electron chi connectivity index (χ4n) is 10.2. The van der Waals surface area contributed by atoms with Crippen molar-refractivity contribution in [1.82, 2.24) is 14.5 Å². The van der Waals surface area contributed by atoms with Crippen LogP contribution in [0.1, 0.15) is 105 Å². The van der Waals surface area contributed by atoms with Crippen LogP contribution in [-0.2, 0) is 21.7 Å². The van der Waals surface area contributed by atoms with E-state index in [1.807, 2.05) is 36.5 Å². The highest BCUT2D eigenvalue weighted by Crippen LogP contribution is 2.47. The Kier molecular flexibility index (Phi) is 11.5. The Hall–Kier alpha value is -7.96. The Morgan fingerprint density at radius 3 is 1.82 bits per heavy atom. The van der Waals surface area contributed by atoms with Crippen molar-refractivity contribution in [2.75, 3.05) is 0 Å². The van der Waals surface area contributed by atoms with E-state index in [0.29, 0.717) is 11.4 Å². The second kappa shape index (κ2) is 17.6. The number of para-hydroxylation sites is 2. The molecule has 74 heavy (non-hydrogen) atoms. The second-order valence-corrected chi connectivity index (χ2v) is 24.2. The van der Waals surface area contributed by atoms with E-state index in [0.717, 1.165) is 106 Å². The van der Waals surface area contributed by atoms with Gasteiger partial charge >= 0.3 is 0 Å². The van der Waals surface area contributed by atoms with Crippen molar-refractivity contribution in [2.24, 2.45) is 0 Å². The first-order valence-corrected chi connectivity index (χ1v) is 25.8. The SMILES string of the molecule is CC(C)(C)c1cc(-c2cc(-c3ccc(-c4cc5oc6ccccc6c5o4)cc3)ccn2)cc(-c2cccc3c2nc(-c2cc(C(C)(C)C)cc(C(C)(C)C)c2O)n3-c2ccc(C(C)(C)C)cc2-c2ccccc2)c1. The highest BCUT2D eigenvalue weighted by Gasteiger charge is 2.30. The Balaban J connectivity index is 1.09. The number of furan rings is 2. The van der Waals surface area contributed by atoms with Gasteiger partial charge in [0.2, 0.25) is 0 Å². The summed E-state index contributed by atoms with van der Waals surface area (Å²) in [5, 5.41) is 13.6. The van der Waals surface area contributed by atoms with Crippen LogP contribution in [0, 0.1) is 0 Å². The van der Waals surface area contributed by atoms with Crippen LogP contribution in [0.2, 0.25) is 0 Å². The van der Waals surface area contributed by atoms with Crippen LogP contribution in [0.3, 0.4) is 0 Å². The number of hydrogen-bond acceptors (Lipinski definition) is 5. The number of pyridine rings is 1. The topological polar surface area (TPSA) is 77.2 Å². The Morgan fingerprint density at radius 2 is 1.11 bits per heavy atom. The van der Waals surface area contributed by atoms with E-state index in [9.17, 15) is 5.11 Å². The van der Waals surface area contributed by atoms with Crippen molar-refractivity contribution in [3.63, 3.8) is 0 Å². The number of hydrogen-bond donors (Lipinski definition) is 1. The van der Waals surface area contributed by atoms with Crippen molar-refractivity contribution < 1.29 is 13.9 Å².